The Labute approximate surface area is 449 Å². The molecule has 2 amide bonds. The van der Waals surface area contributed by atoms with Crippen LogP contribution in [0.2, 0.25) is 0 Å². The molecule has 11 atom stereocenters. The van der Waals surface area contributed by atoms with Crippen LogP contribution in [0.5, 0.6) is 0 Å². The lowest BCUT2D eigenvalue weighted by Crippen LogP contribution is -2.70. The Kier molecular flexibility index (Phi) is 21.8. The predicted octanol–water partition coefficient (Wildman–Crippen LogP) is 7.14. The highest BCUT2D eigenvalue weighted by Gasteiger charge is 2.55. The van der Waals surface area contributed by atoms with Gasteiger partial charge in [0.25, 0.3) is 0 Å². The lowest BCUT2D eigenvalue weighted by molar-refractivity contribution is -0.343. The van der Waals surface area contributed by atoms with Gasteiger partial charge < -0.3 is 63.1 Å². The van der Waals surface area contributed by atoms with Crippen LogP contribution in [0.1, 0.15) is 47.2 Å². The zero-order valence-electron chi connectivity index (χ0n) is 43.3. The van der Waals surface area contributed by atoms with Gasteiger partial charge in [0, 0.05) is 13.8 Å². The summed E-state index contributed by atoms with van der Waals surface area (Å²) in [5.74, 6) is -1.71. The van der Waals surface area contributed by atoms with Crippen molar-refractivity contribution in [3.63, 3.8) is 0 Å². The van der Waals surface area contributed by atoms with Crippen molar-refractivity contribution in [3.05, 3.63) is 215 Å². The fraction of sp³-hybridized carbons (Fsp3) is 0.361. The van der Waals surface area contributed by atoms with Crippen LogP contribution in [-0.2, 0) is 101 Å². The molecule has 3 N–H and O–H groups in total. The van der Waals surface area contributed by atoms with E-state index in [2.05, 4.69) is 10.6 Å². The van der Waals surface area contributed by atoms with E-state index in [1.807, 2.05) is 182 Å². The summed E-state index contributed by atoms with van der Waals surface area (Å²) in [5.41, 5.74) is 5.06. The maximum atomic E-state index is 14.2. The van der Waals surface area contributed by atoms with Crippen LogP contribution in [0.4, 0.5) is 0 Å². The van der Waals surface area contributed by atoms with Crippen LogP contribution in [0.25, 0.3) is 0 Å². The number of carbonyl (C=O) groups excluding carboxylic acids is 3. The van der Waals surface area contributed by atoms with E-state index in [0.29, 0.717) is 0 Å². The molecule has 16 nitrogen and oxygen atoms in total. The number of amides is 2. The van der Waals surface area contributed by atoms with Gasteiger partial charge in [-0.2, -0.15) is 0 Å². The SMILES string of the molecule is CC(=O)N[C@H]1[C@@H](O[C@@H]2[C@@H](NC(C)=O)[C@@H](O[C@H](COCc3ccccc3)C(=O)OCc3ccccc3)O[C@H](CO)[C@H]2OCc2ccccc2)O[C@H](COCc2ccccc2)[C@@H](OCc2ccccc2)[C@@H]1OCc1ccccc1. The Bertz CT molecular complexity index is 2660. The lowest BCUT2D eigenvalue weighted by Gasteiger charge is -2.50. The van der Waals surface area contributed by atoms with Crippen molar-refractivity contribution in [2.75, 3.05) is 19.8 Å². The molecule has 77 heavy (non-hydrogen) atoms. The van der Waals surface area contributed by atoms with Crippen LogP contribution in [0.15, 0.2) is 182 Å². The second-order valence-corrected chi connectivity index (χ2v) is 18.8. The third-order valence-corrected chi connectivity index (χ3v) is 12.9. The number of aliphatic hydroxyl groups excluding tert-OH is 1. The number of aliphatic hydroxyl groups is 1. The number of ether oxygens (including phenoxy) is 10. The molecule has 8 rings (SSSR count). The molecule has 6 aromatic carbocycles. The number of benzene rings is 6. The summed E-state index contributed by atoms with van der Waals surface area (Å²) < 4.78 is 66.1. The number of rotatable bonds is 27. The highest BCUT2D eigenvalue weighted by molar-refractivity contribution is 5.75. The smallest absolute Gasteiger partial charge is 0.338 e. The molecule has 0 bridgehead atoms. The molecular weight excluding hydrogens is 985 g/mol. The summed E-state index contributed by atoms with van der Waals surface area (Å²) in [4.78, 5) is 41.2. The zero-order chi connectivity index (χ0) is 53.6. The fourth-order valence-electron chi connectivity index (χ4n) is 9.19. The second kappa shape index (κ2) is 29.7. The number of hydrogen-bond donors (Lipinski definition) is 3. The zero-order valence-corrected chi connectivity index (χ0v) is 43.3. The van der Waals surface area contributed by atoms with Crippen molar-refractivity contribution in [1.82, 2.24) is 10.6 Å². The molecule has 0 aromatic heterocycles. The fourth-order valence-corrected chi connectivity index (χ4v) is 9.19. The maximum Gasteiger partial charge on any atom is 0.338 e. The molecule has 16 heteroatoms. The molecule has 2 aliphatic rings. The summed E-state index contributed by atoms with van der Waals surface area (Å²) in [6.07, 6.45) is -10.7. The van der Waals surface area contributed by atoms with E-state index in [1.54, 1.807) is 0 Å². The summed E-state index contributed by atoms with van der Waals surface area (Å²) in [6, 6.07) is 54.6. The van der Waals surface area contributed by atoms with E-state index in [0.717, 1.165) is 33.4 Å². The third kappa shape index (κ3) is 17.2. The first-order valence-electron chi connectivity index (χ1n) is 25.9. The van der Waals surface area contributed by atoms with Gasteiger partial charge in [0.05, 0.1) is 52.9 Å². The molecule has 0 radical (unpaired) electrons. The van der Waals surface area contributed by atoms with E-state index in [4.69, 9.17) is 47.4 Å². The third-order valence-electron chi connectivity index (χ3n) is 12.9. The van der Waals surface area contributed by atoms with Gasteiger partial charge in [0.1, 0.15) is 55.3 Å². The second-order valence-electron chi connectivity index (χ2n) is 18.8. The predicted molar refractivity (Wildman–Crippen MR) is 283 cm³/mol. The molecular formula is C61H68N2O14. The van der Waals surface area contributed by atoms with E-state index in [1.165, 1.54) is 13.8 Å². The Morgan fingerprint density at radius 2 is 0.844 bits per heavy atom. The summed E-state index contributed by atoms with van der Waals surface area (Å²) in [7, 11) is 0. The van der Waals surface area contributed by atoms with Gasteiger partial charge in [-0.25, -0.2) is 4.79 Å². The van der Waals surface area contributed by atoms with Gasteiger partial charge in [-0.3, -0.25) is 9.59 Å². The number of hydrogen-bond acceptors (Lipinski definition) is 14. The minimum Gasteiger partial charge on any atom is -0.459 e. The molecule has 0 unspecified atom stereocenters. The molecule has 2 aliphatic heterocycles. The highest BCUT2D eigenvalue weighted by Crippen LogP contribution is 2.35. The van der Waals surface area contributed by atoms with Gasteiger partial charge in [0.2, 0.25) is 11.8 Å². The van der Waals surface area contributed by atoms with Gasteiger partial charge in [-0.05, 0) is 33.4 Å². The molecule has 2 saturated heterocycles. The van der Waals surface area contributed by atoms with Crippen molar-refractivity contribution in [1.29, 1.82) is 0 Å². The average Bonchev–Trinajstić information content (AvgIpc) is 3.45. The first-order chi connectivity index (χ1) is 37.7. The first kappa shape index (κ1) is 56.5. The molecule has 2 fully saturated rings. The molecule has 2 heterocycles. The van der Waals surface area contributed by atoms with Crippen LogP contribution < -0.4 is 10.6 Å². The normalized spacial score (nSPS) is 23.6. The van der Waals surface area contributed by atoms with Crippen molar-refractivity contribution < 1.29 is 66.9 Å². The van der Waals surface area contributed by atoms with Crippen molar-refractivity contribution in [2.45, 2.75) is 121 Å². The molecule has 0 spiro atoms. The van der Waals surface area contributed by atoms with Gasteiger partial charge in [0.15, 0.2) is 18.7 Å². The van der Waals surface area contributed by atoms with Crippen molar-refractivity contribution in [2.24, 2.45) is 0 Å². The Balaban J connectivity index is 1.17. The number of nitrogens with one attached hydrogen (secondary N) is 2. The molecule has 6 aromatic rings. The first-order valence-corrected chi connectivity index (χ1v) is 25.9. The number of esters is 1. The topological polar surface area (TPSA) is 188 Å². The van der Waals surface area contributed by atoms with Crippen LogP contribution >= 0.6 is 0 Å². The van der Waals surface area contributed by atoms with Gasteiger partial charge >= 0.3 is 5.97 Å². The van der Waals surface area contributed by atoms with Crippen LogP contribution in [0.3, 0.4) is 0 Å². The van der Waals surface area contributed by atoms with Gasteiger partial charge in [-0.15, -0.1) is 0 Å². The van der Waals surface area contributed by atoms with Crippen LogP contribution in [0, 0.1) is 0 Å². The molecule has 406 valence electrons. The maximum absolute atomic E-state index is 14.2. The molecule has 0 saturated carbocycles. The van der Waals surface area contributed by atoms with Gasteiger partial charge in [-0.1, -0.05) is 182 Å². The van der Waals surface area contributed by atoms with E-state index < -0.39 is 91.8 Å². The van der Waals surface area contributed by atoms with E-state index in [-0.39, 0.29) is 52.9 Å². The van der Waals surface area contributed by atoms with Crippen LogP contribution in [-0.4, -0.2) is 110 Å². The minimum atomic E-state index is -1.51. The average molecular weight is 1050 g/mol. The Morgan fingerprint density at radius 3 is 1.29 bits per heavy atom. The Hall–Kier alpha value is -6.67. The van der Waals surface area contributed by atoms with Crippen molar-refractivity contribution in [3.8, 4) is 0 Å². The monoisotopic (exact) mass is 1050 g/mol. The number of carbonyl (C=O) groups is 3. The summed E-state index contributed by atoms with van der Waals surface area (Å²) >= 11 is 0. The summed E-state index contributed by atoms with van der Waals surface area (Å²) in [5, 5.41) is 17.3. The largest absolute Gasteiger partial charge is 0.459 e. The standard InChI is InChI=1S/C61H68N2O14/c1-42(65)62-53-57(72-38-48-29-17-7-18-30-48)56(71-37-47-27-15-6-16-28-47)51(40-68-34-44-21-9-3-10-22-44)75-61(53)77-58-54(63-43(2)66)60(74-50(33-64)55(58)70-36-46-25-13-5-14-26-46)76-52(41-69-35-45-23-11-4-12-24-45)59(67)73-39-49-31-19-8-20-32-49/h3-32,50-58,60-61,64H,33-41H2,1-2H3,(H,62,65)(H,63,66)/t50-,51-,52-,53-,54-,55-,56-,57-,58-,60-,61-/m1/s1. The summed E-state index contributed by atoms with van der Waals surface area (Å²) in [6.45, 7) is 2.39. The Morgan fingerprint density at radius 1 is 0.468 bits per heavy atom. The quantitative estimate of drug-likeness (QED) is 0.0442. The minimum absolute atomic E-state index is 0.0101. The lowest BCUT2D eigenvalue weighted by atomic mass is 9.93. The van der Waals surface area contributed by atoms with E-state index in [9.17, 15) is 19.5 Å². The highest BCUT2D eigenvalue weighted by atomic mass is 16.7. The van der Waals surface area contributed by atoms with Crippen molar-refractivity contribution >= 4 is 17.8 Å². The molecule has 0 aliphatic carbocycles. The van der Waals surface area contributed by atoms with E-state index >= 15 is 0 Å².